The second-order valence-corrected chi connectivity index (χ2v) is 10.2. The van der Waals surface area contributed by atoms with Crippen LogP contribution in [-0.2, 0) is 5.54 Å². The summed E-state index contributed by atoms with van der Waals surface area (Å²) in [6.45, 7) is 4.63. The fraction of sp³-hybridized carbons (Fsp3) is 0.0909. The molecule has 0 N–H and O–H groups in total. The lowest BCUT2D eigenvalue weighted by Gasteiger charge is -2.52. The molecular weight excluding hydrogens is 440 g/mol. The summed E-state index contributed by atoms with van der Waals surface area (Å²) >= 11 is 0. The van der Waals surface area contributed by atoms with Gasteiger partial charge in [-0.1, -0.05) is 72.8 Å². The number of anilines is 2. The molecule has 0 aliphatic carbocycles. The molecule has 3 nitrogen and oxygen atoms in total. The van der Waals surface area contributed by atoms with Crippen LogP contribution in [0.4, 0.5) is 11.4 Å². The maximum atomic E-state index is 6.27. The van der Waals surface area contributed by atoms with Gasteiger partial charge in [-0.05, 0) is 50.2 Å². The van der Waals surface area contributed by atoms with E-state index in [0.29, 0.717) is 0 Å². The minimum atomic E-state index is -0.159. The Hall–Kier alpha value is -4.50. The summed E-state index contributed by atoms with van der Waals surface area (Å²) in [5.74, 6) is 0. The molecule has 1 aliphatic heterocycles. The van der Waals surface area contributed by atoms with Gasteiger partial charge in [0.05, 0.1) is 33.3 Å². The Bertz CT molecular complexity index is 1970. The van der Waals surface area contributed by atoms with Gasteiger partial charge in [0.1, 0.15) is 11.2 Å². The molecule has 3 heterocycles. The van der Waals surface area contributed by atoms with Gasteiger partial charge in [-0.25, -0.2) is 0 Å². The quantitative estimate of drug-likeness (QED) is 0.254. The highest BCUT2D eigenvalue weighted by Crippen LogP contribution is 2.58. The van der Waals surface area contributed by atoms with Gasteiger partial charge in [0.2, 0.25) is 0 Å². The predicted octanol–water partition coefficient (Wildman–Crippen LogP) is 9.07. The van der Waals surface area contributed by atoms with E-state index >= 15 is 0 Å². The molecule has 0 radical (unpaired) electrons. The summed E-state index contributed by atoms with van der Waals surface area (Å²) in [5, 5.41) is 4.89. The molecule has 2 aromatic heterocycles. The van der Waals surface area contributed by atoms with Gasteiger partial charge >= 0.3 is 0 Å². The number of fused-ring (bicyclic) bond motifs is 8. The number of nitrogens with zero attached hydrogens (tertiary/aromatic N) is 2. The predicted molar refractivity (Wildman–Crippen MR) is 150 cm³/mol. The van der Waals surface area contributed by atoms with Crippen LogP contribution in [0, 0.1) is 0 Å². The van der Waals surface area contributed by atoms with Crippen molar-refractivity contribution in [3.63, 3.8) is 0 Å². The summed E-state index contributed by atoms with van der Waals surface area (Å²) in [4.78, 5) is 2.52. The molecule has 0 fully saturated rings. The van der Waals surface area contributed by atoms with E-state index < -0.39 is 0 Å². The van der Waals surface area contributed by atoms with Crippen molar-refractivity contribution in [3.8, 4) is 5.69 Å². The lowest BCUT2D eigenvalue weighted by atomic mass is 9.79. The number of furan rings is 1. The van der Waals surface area contributed by atoms with Crippen LogP contribution >= 0.6 is 0 Å². The zero-order valence-corrected chi connectivity index (χ0v) is 20.2. The van der Waals surface area contributed by atoms with Crippen LogP contribution in [-0.4, -0.2) is 4.57 Å². The molecule has 0 unspecified atom stereocenters. The first kappa shape index (κ1) is 19.8. The van der Waals surface area contributed by atoms with Crippen LogP contribution in [0.25, 0.3) is 49.4 Å². The van der Waals surface area contributed by atoms with Gasteiger partial charge in [-0.2, -0.15) is 0 Å². The molecule has 0 bridgehead atoms. The van der Waals surface area contributed by atoms with E-state index in [1.54, 1.807) is 0 Å². The van der Waals surface area contributed by atoms with Crippen LogP contribution in [0.5, 0.6) is 0 Å². The Balaban J connectivity index is 1.51. The first-order chi connectivity index (χ1) is 17.6. The zero-order valence-electron chi connectivity index (χ0n) is 20.2. The number of benzene rings is 5. The van der Waals surface area contributed by atoms with Gasteiger partial charge < -0.3 is 13.9 Å². The lowest BCUT2D eigenvalue weighted by Crippen LogP contribution is -2.47. The maximum Gasteiger partial charge on any atom is 0.137 e. The Labute approximate surface area is 208 Å². The Morgan fingerprint density at radius 3 is 2.19 bits per heavy atom. The van der Waals surface area contributed by atoms with Crippen LogP contribution in [0.15, 0.2) is 114 Å². The highest BCUT2D eigenvalue weighted by molar-refractivity contribution is 6.19. The molecule has 172 valence electrons. The van der Waals surface area contributed by atoms with Crippen molar-refractivity contribution in [1.29, 1.82) is 0 Å². The van der Waals surface area contributed by atoms with Crippen LogP contribution in [0.2, 0.25) is 0 Å². The second-order valence-electron chi connectivity index (χ2n) is 10.2. The van der Waals surface area contributed by atoms with Gasteiger partial charge in [-0.3, -0.25) is 0 Å². The fourth-order valence-corrected chi connectivity index (χ4v) is 6.32. The average molecular weight is 465 g/mol. The molecule has 0 amide bonds. The topological polar surface area (TPSA) is 21.3 Å². The molecule has 0 spiro atoms. The maximum absolute atomic E-state index is 6.27. The Morgan fingerprint density at radius 2 is 1.33 bits per heavy atom. The number of aromatic nitrogens is 1. The van der Waals surface area contributed by atoms with Crippen LogP contribution < -0.4 is 4.90 Å². The third-order valence-corrected chi connectivity index (χ3v) is 7.89. The van der Waals surface area contributed by atoms with Gasteiger partial charge in [0, 0.05) is 27.4 Å². The molecule has 36 heavy (non-hydrogen) atoms. The molecule has 0 saturated heterocycles. The molecule has 7 aromatic rings. The van der Waals surface area contributed by atoms with Crippen molar-refractivity contribution in [2.45, 2.75) is 19.4 Å². The minimum Gasteiger partial charge on any atom is -0.456 e. The van der Waals surface area contributed by atoms with Crippen molar-refractivity contribution in [2.75, 3.05) is 4.90 Å². The van der Waals surface area contributed by atoms with Crippen molar-refractivity contribution < 1.29 is 4.42 Å². The number of para-hydroxylation sites is 4. The zero-order chi connectivity index (χ0) is 24.0. The molecule has 3 heteroatoms. The SMILES string of the molecule is CC1(C)c2ccc3oc4ccccc4c3c2N1c1cccc2c3ccccc3n(-c3ccccc3)c12. The highest BCUT2D eigenvalue weighted by atomic mass is 16.3. The van der Waals surface area contributed by atoms with Gasteiger partial charge in [0.25, 0.3) is 0 Å². The molecule has 5 aromatic carbocycles. The van der Waals surface area contributed by atoms with E-state index in [-0.39, 0.29) is 5.54 Å². The Morgan fingerprint density at radius 1 is 0.611 bits per heavy atom. The third-order valence-electron chi connectivity index (χ3n) is 7.89. The first-order valence-electron chi connectivity index (χ1n) is 12.5. The van der Waals surface area contributed by atoms with Crippen molar-refractivity contribution in [2.24, 2.45) is 0 Å². The van der Waals surface area contributed by atoms with Crippen LogP contribution in [0.1, 0.15) is 19.4 Å². The van der Waals surface area contributed by atoms with Crippen molar-refractivity contribution >= 4 is 55.1 Å². The highest BCUT2D eigenvalue weighted by Gasteiger charge is 2.45. The van der Waals surface area contributed by atoms with Crippen molar-refractivity contribution in [1.82, 2.24) is 4.57 Å². The largest absolute Gasteiger partial charge is 0.456 e. The monoisotopic (exact) mass is 464 g/mol. The summed E-state index contributed by atoms with van der Waals surface area (Å²) in [5.41, 5.74) is 9.14. The molecule has 0 atom stereocenters. The lowest BCUT2D eigenvalue weighted by molar-refractivity contribution is 0.488. The summed E-state index contributed by atoms with van der Waals surface area (Å²) < 4.78 is 8.69. The third kappa shape index (κ3) is 2.37. The smallest absolute Gasteiger partial charge is 0.137 e. The number of hydrogen-bond acceptors (Lipinski definition) is 2. The van der Waals surface area contributed by atoms with Crippen LogP contribution in [0.3, 0.4) is 0 Å². The summed E-state index contributed by atoms with van der Waals surface area (Å²) in [7, 11) is 0. The minimum absolute atomic E-state index is 0.159. The van der Waals surface area contributed by atoms with E-state index in [4.69, 9.17) is 4.42 Å². The van der Waals surface area contributed by atoms with Crippen molar-refractivity contribution in [3.05, 3.63) is 115 Å². The van der Waals surface area contributed by atoms with E-state index in [2.05, 4.69) is 126 Å². The standard InChI is InChI=1S/C33H24N2O/c1-33(2)25-19-20-29-30(24-14-7-9-18-28(24)36-29)32(25)35(33)27-17-10-15-23-22-13-6-8-16-26(22)34(31(23)27)21-11-4-3-5-12-21/h3-20H,1-2H3. The molecule has 0 saturated carbocycles. The number of rotatable bonds is 2. The summed E-state index contributed by atoms with van der Waals surface area (Å²) in [6.07, 6.45) is 0. The molecule has 8 rings (SSSR count). The first-order valence-corrected chi connectivity index (χ1v) is 12.5. The van der Waals surface area contributed by atoms with E-state index in [9.17, 15) is 0 Å². The van der Waals surface area contributed by atoms with E-state index in [1.807, 2.05) is 6.07 Å². The number of hydrogen-bond donors (Lipinski definition) is 0. The van der Waals surface area contributed by atoms with E-state index in [1.165, 1.54) is 55.2 Å². The van der Waals surface area contributed by atoms with E-state index in [0.717, 1.165) is 11.2 Å². The Kier molecular flexibility index (Phi) is 3.73. The second kappa shape index (κ2) is 6.79. The summed E-state index contributed by atoms with van der Waals surface area (Å²) in [6, 6.07) is 38.9. The average Bonchev–Trinajstić information content (AvgIpc) is 3.45. The molecule has 1 aliphatic rings. The normalized spacial score (nSPS) is 14.6. The fourth-order valence-electron chi connectivity index (χ4n) is 6.32. The van der Waals surface area contributed by atoms with Gasteiger partial charge in [0.15, 0.2) is 0 Å². The molecular formula is C33H24N2O. The van der Waals surface area contributed by atoms with Gasteiger partial charge in [-0.15, -0.1) is 0 Å².